The van der Waals surface area contributed by atoms with Crippen LogP contribution in [0.2, 0.25) is 0 Å². The summed E-state index contributed by atoms with van der Waals surface area (Å²) >= 11 is 1.20. The molecule has 172 valence electrons. The molecule has 0 spiro atoms. The molecular formula is C27H25N3O3S. The second-order valence-corrected chi connectivity index (χ2v) is 8.79. The van der Waals surface area contributed by atoms with Crippen molar-refractivity contribution in [2.24, 2.45) is 0 Å². The SMILES string of the molecule is CCOC(=O)c1c(C)nc2sc(C(=O)Nc3ccc(C)cc3)c(N)c2c1/C=C/c1ccccc1. The van der Waals surface area contributed by atoms with E-state index in [1.807, 2.05) is 73.7 Å². The van der Waals surface area contributed by atoms with E-state index in [0.717, 1.165) is 11.1 Å². The van der Waals surface area contributed by atoms with Crippen LogP contribution in [-0.4, -0.2) is 23.5 Å². The van der Waals surface area contributed by atoms with E-state index in [-0.39, 0.29) is 18.2 Å². The molecule has 2 aromatic heterocycles. The Labute approximate surface area is 202 Å². The number of ether oxygens (including phenoxy) is 1. The van der Waals surface area contributed by atoms with Crippen molar-refractivity contribution >= 4 is 57.0 Å². The van der Waals surface area contributed by atoms with Gasteiger partial charge in [0.2, 0.25) is 0 Å². The number of nitrogens with one attached hydrogen (secondary N) is 1. The maximum absolute atomic E-state index is 13.1. The quantitative estimate of drug-likeness (QED) is 0.332. The van der Waals surface area contributed by atoms with Crippen molar-refractivity contribution in [1.29, 1.82) is 0 Å². The summed E-state index contributed by atoms with van der Waals surface area (Å²) in [5.41, 5.74) is 11.0. The third-order valence-corrected chi connectivity index (χ3v) is 6.43. The molecule has 7 heteroatoms. The van der Waals surface area contributed by atoms with Gasteiger partial charge in [0.1, 0.15) is 9.71 Å². The van der Waals surface area contributed by atoms with E-state index in [0.29, 0.717) is 37.6 Å². The number of aryl methyl sites for hydroxylation is 2. The largest absolute Gasteiger partial charge is 0.462 e. The van der Waals surface area contributed by atoms with Gasteiger partial charge in [-0.1, -0.05) is 60.2 Å². The Morgan fingerprint density at radius 2 is 1.76 bits per heavy atom. The molecule has 0 aliphatic heterocycles. The highest BCUT2D eigenvalue weighted by molar-refractivity contribution is 7.21. The van der Waals surface area contributed by atoms with E-state index in [1.54, 1.807) is 13.8 Å². The Bertz CT molecular complexity index is 1390. The van der Waals surface area contributed by atoms with E-state index in [1.165, 1.54) is 11.3 Å². The Hall–Kier alpha value is -3.97. The maximum Gasteiger partial charge on any atom is 0.340 e. The molecular weight excluding hydrogens is 446 g/mol. The Morgan fingerprint density at radius 1 is 1.06 bits per heavy atom. The number of fused-ring (bicyclic) bond motifs is 1. The van der Waals surface area contributed by atoms with Gasteiger partial charge in [-0.15, -0.1) is 11.3 Å². The molecule has 0 radical (unpaired) electrons. The molecule has 0 saturated carbocycles. The minimum absolute atomic E-state index is 0.238. The molecule has 1 amide bonds. The lowest BCUT2D eigenvalue weighted by Crippen LogP contribution is -2.12. The fourth-order valence-corrected chi connectivity index (χ4v) is 4.72. The molecule has 0 unspecified atom stereocenters. The van der Waals surface area contributed by atoms with Gasteiger partial charge < -0.3 is 15.8 Å². The summed E-state index contributed by atoms with van der Waals surface area (Å²) in [5, 5.41) is 3.46. The number of hydrogen-bond donors (Lipinski definition) is 2. The van der Waals surface area contributed by atoms with Crippen molar-refractivity contribution in [3.05, 3.63) is 87.4 Å². The van der Waals surface area contributed by atoms with Gasteiger partial charge in [0.15, 0.2) is 0 Å². The number of rotatable bonds is 6. The predicted octanol–water partition coefficient (Wildman–Crippen LogP) is 6.09. The molecule has 0 saturated heterocycles. The van der Waals surface area contributed by atoms with Crippen LogP contribution in [0.1, 0.15) is 49.3 Å². The molecule has 2 heterocycles. The second kappa shape index (κ2) is 9.89. The standard InChI is InChI=1S/C27H25N3O3S/c1-4-33-27(32)21-17(3)29-26-22(20(21)15-12-18-8-6-5-7-9-18)23(28)24(34-26)25(31)30-19-13-10-16(2)11-14-19/h5-15H,4,28H2,1-3H3,(H,30,31)/b15-12+. The van der Waals surface area contributed by atoms with E-state index >= 15 is 0 Å². The maximum atomic E-state index is 13.1. The number of nitrogens with zero attached hydrogens (tertiary/aromatic N) is 1. The third-order valence-electron chi connectivity index (χ3n) is 5.33. The van der Waals surface area contributed by atoms with Crippen LogP contribution in [0, 0.1) is 13.8 Å². The fourth-order valence-electron chi connectivity index (χ4n) is 3.66. The smallest absolute Gasteiger partial charge is 0.340 e. The average molecular weight is 472 g/mol. The number of amides is 1. The number of hydrogen-bond acceptors (Lipinski definition) is 6. The zero-order valence-electron chi connectivity index (χ0n) is 19.2. The van der Waals surface area contributed by atoms with E-state index in [9.17, 15) is 9.59 Å². The number of aromatic nitrogens is 1. The molecule has 0 aliphatic carbocycles. The van der Waals surface area contributed by atoms with E-state index in [2.05, 4.69) is 10.3 Å². The van der Waals surface area contributed by atoms with Gasteiger partial charge in [0.25, 0.3) is 5.91 Å². The molecule has 0 atom stereocenters. The number of benzene rings is 2. The van der Waals surface area contributed by atoms with Crippen molar-refractivity contribution < 1.29 is 14.3 Å². The number of thiophene rings is 1. The van der Waals surface area contributed by atoms with Crippen LogP contribution in [-0.2, 0) is 4.74 Å². The number of nitrogens with two attached hydrogens (primary N) is 1. The number of esters is 1. The van der Waals surface area contributed by atoms with Crippen molar-refractivity contribution in [3.63, 3.8) is 0 Å². The minimum Gasteiger partial charge on any atom is -0.462 e. The van der Waals surface area contributed by atoms with Gasteiger partial charge in [0.05, 0.1) is 23.6 Å². The second-order valence-electron chi connectivity index (χ2n) is 7.80. The fraction of sp³-hybridized carbons (Fsp3) is 0.148. The summed E-state index contributed by atoms with van der Waals surface area (Å²) in [7, 11) is 0. The van der Waals surface area contributed by atoms with Gasteiger partial charge in [0, 0.05) is 16.6 Å². The van der Waals surface area contributed by atoms with Gasteiger partial charge >= 0.3 is 5.97 Å². The Morgan fingerprint density at radius 3 is 2.44 bits per heavy atom. The summed E-state index contributed by atoms with van der Waals surface area (Å²) in [6, 6.07) is 17.3. The Balaban J connectivity index is 1.85. The lowest BCUT2D eigenvalue weighted by atomic mass is 10.0. The first kappa shape index (κ1) is 23.2. The molecule has 34 heavy (non-hydrogen) atoms. The van der Waals surface area contributed by atoms with Crippen LogP contribution in [0.25, 0.3) is 22.4 Å². The molecule has 2 aromatic carbocycles. The molecule has 3 N–H and O–H groups in total. The molecule has 4 rings (SSSR count). The van der Waals surface area contributed by atoms with Gasteiger partial charge in [-0.25, -0.2) is 9.78 Å². The zero-order valence-corrected chi connectivity index (χ0v) is 20.0. The predicted molar refractivity (Wildman–Crippen MR) is 139 cm³/mol. The molecule has 6 nitrogen and oxygen atoms in total. The van der Waals surface area contributed by atoms with E-state index in [4.69, 9.17) is 10.5 Å². The molecule has 0 bridgehead atoms. The Kier molecular flexibility index (Phi) is 6.75. The number of carbonyl (C=O) groups is 2. The molecule has 4 aromatic rings. The van der Waals surface area contributed by atoms with Gasteiger partial charge in [-0.05, 0) is 38.5 Å². The number of pyridine rings is 1. The first-order valence-corrected chi connectivity index (χ1v) is 11.7. The highest BCUT2D eigenvalue weighted by atomic mass is 32.1. The summed E-state index contributed by atoms with van der Waals surface area (Å²) in [6.45, 7) is 5.73. The van der Waals surface area contributed by atoms with Crippen molar-refractivity contribution in [2.45, 2.75) is 20.8 Å². The number of nitrogen functional groups attached to an aromatic ring is 1. The van der Waals surface area contributed by atoms with Crippen molar-refractivity contribution in [2.75, 3.05) is 17.7 Å². The monoisotopic (exact) mass is 471 g/mol. The zero-order chi connectivity index (χ0) is 24.2. The summed E-state index contributed by atoms with van der Waals surface area (Å²) in [6.07, 6.45) is 3.74. The average Bonchev–Trinajstić information content (AvgIpc) is 3.15. The van der Waals surface area contributed by atoms with Crippen LogP contribution in [0.4, 0.5) is 11.4 Å². The highest BCUT2D eigenvalue weighted by Crippen LogP contribution is 2.38. The van der Waals surface area contributed by atoms with Crippen LogP contribution < -0.4 is 11.1 Å². The van der Waals surface area contributed by atoms with Crippen LogP contribution in [0.15, 0.2) is 54.6 Å². The topological polar surface area (TPSA) is 94.3 Å². The highest BCUT2D eigenvalue weighted by Gasteiger charge is 2.25. The van der Waals surface area contributed by atoms with E-state index < -0.39 is 5.97 Å². The number of carbonyl (C=O) groups excluding carboxylic acids is 2. The van der Waals surface area contributed by atoms with Crippen molar-refractivity contribution in [3.8, 4) is 0 Å². The number of anilines is 2. The molecule has 0 fully saturated rings. The van der Waals surface area contributed by atoms with Gasteiger partial charge in [-0.3, -0.25) is 4.79 Å². The summed E-state index contributed by atoms with van der Waals surface area (Å²) in [5.74, 6) is -0.795. The van der Waals surface area contributed by atoms with Gasteiger partial charge in [-0.2, -0.15) is 0 Å². The van der Waals surface area contributed by atoms with Crippen molar-refractivity contribution in [1.82, 2.24) is 4.98 Å². The minimum atomic E-state index is -0.474. The summed E-state index contributed by atoms with van der Waals surface area (Å²) in [4.78, 5) is 31.5. The van der Waals surface area contributed by atoms with Crippen LogP contribution in [0.5, 0.6) is 0 Å². The lowest BCUT2D eigenvalue weighted by molar-refractivity contribution is 0.0525. The lowest BCUT2D eigenvalue weighted by Gasteiger charge is -2.11. The normalized spacial score (nSPS) is 11.1. The molecule has 0 aliphatic rings. The summed E-state index contributed by atoms with van der Waals surface area (Å²) < 4.78 is 5.30. The third kappa shape index (κ3) is 4.70. The van der Waals surface area contributed by atoms with Crippen LogP contribution >= 0.6 is 11.3 Å². The first-order chi connectivity index (χ1) is 16.4. The van der Waals surface area contributed by atoms with Crippen LogP contribution in [0.3, 0.4) is 0 Å². The first-order valence-electron chi connectivity index (χ1n) is 10.9.